The molecule has 6 nitrogen and oxygen atoms in total. The van der Waals surface area contributed by atoms with Gasteiger partial charge in [-0.05, 0) is 33.6 Å². The van der Waals surface area contributed by atoms with Crippen molar-refractivity contribution in [3.05, 3.63) is 0 Å². The van der Waals surface area contributed by atoms with E-state index in [2.05, 4.69) is 0 Å². The molecule has 2 saturated heterocycles. The molecule has 8 heteroatoms. The van der Waals surface area contributed by atoms with Crippen LogP contribution in [0.1, 0.15) is 33.6 Å². The lowest BCUT2D eigenvalue weighted by Crippen LogP contribution is -2.64. The van der Waals surface area contributed by atoms with Crippen LogP contribution in [0.15, 0.2) is 0 Å². The molecule has 0 aromatic rings. The lowest BCUT2D eigenvalue weighted by molar-refractivity contribution is -0.0284. The van der Waals surface area contributed by atoms with Gasteiger partial charge in [0.25, 0.3) is 9.24 Å². The van der Waals surface area contributed by atoms with Crippen LogP contribution < -0.4 is 0 Å². The van der Waals surface area contributed by atoms with Crippen molar-refractivity contribution in [2.24, 2.45) is 5.41 Å². The van der Waals surface area contributed by atoms with Crippen LogP contribution in [0.25, 0.3) is 0 Å². The van der Waals surface area contributed by atoms with Gasteiger partial charge in [-0.25, -0.2) is 4.79 Å². The summed E-state index contributed by atoms with van der Waals surface area (Å²) in [5.41, 5.74) is -0.677. The Hall–Kier alpha value is -0.530. The lowest BCUT2D eigenvalue weighted by atomic mass is 9.75. The van der Waals surface area contributed by atoms with Gasteiger partial charge in [-0.2, -0.15) is 12.7 Å². The molecular formula is C12H21ClN2O4S. The number of amides is 1. The van der Waals surface area contributed by atoms with Crippen LogP contribution >= 0.6 is 10.7 Å². The highest BCUT2D eigenvalue weighted by Gasteiger charge is 2.50. The first-order valence-electron chi connectivity index (χ1n) is 6.69. The van der Waals surface area contributed by atoms with Crippen molar-refractivity contribution in [1.82, 2.24) is 9.21 Å². The third-order valence-electron chi connectivity index (χ3n) is 3.65. The molecule has 116 valence electrons. The van der Waals surface area contributed by atoms with Crippen LogP contribution in [0.5, 0.6) is 0 Å². The van der Waals surface area contributed by atoms with Crippen molar-refractivity contribution in [3.8, 4) is 0 Å². The highest BCUT2D eigenvalue weighted by atomic mass is 35.7. The second-order valence-electron chi connectivity index (χ2n) is 6.72. The molecule has 2 heterocycles. The van der Waals surface area contributed by atoms with Gasteiger partial charge in [-0.1, -0.05) is 0 Å². The summed E-state index contributed by atoms with van der Waals surface area (Å²) in [5, 5.41) is 0. The van der Waals surface area contributed by atoms with Crippen molar-refractivity contribution in [2.45, 2.75) is 39.2 Å². The van der Waals surface area contributed by atoms with E-state index in [1.807, 2.05) is 20.8 Å². The molecule has 2 rings (SSSR count). The Bertz CT molecular complexity index is 494. The minimum Gasteiger partial charge on any atom is -0.444 e. The van der Waals surface area contributed by atoms with E-state index in [9.17, 15) is 13.2 Å². The van der Waals surface area contributed by atoms with Crippen molar-refractivity contribution in [3.63, 3.8) is 0 Å². The molecule has 0 bridgehead atoms. The van der Waals surface area contributed by atoms with Crippen LogP contribution in [0.3, 0.4) is 0 Å². The van der Waals surface area contributed by atoms with Crippen LogP contribution in [0.2, 0.25) is 0 Å². The number of rotatable bonds is 1. The highest BCUT2D eigenvalue weighted by molar-refractivity contribution is 8.11. The van der Waals surface area contributed by atoms with Crippen molar-refractivity contribution in [2.75, 3.05) is 26.2 Å². The third-order valence-corrected chi connectivity index (χ3v) is 5.11. The van der Waals surface area contributed by atoms with Gasteiger partial charge in [0.05, 0.1) is 0 Å². The normalized spacial score (nSPS) is 23.5. The average Bonchev–Trinajstić information content (AvgIpc) is 2.22. The number of likely N-dealkylation sites (tertiary alicyclic amines) is 1. The van der Waals surface area contributed by atoms with Gasteiger partial charge < -0.3 is 9.64 Å². The summed E-state index contributed by atoms with van der Waals surface area (Å²) in [6.07, 6.45) is 1.44. The summed E-state index contributed by atoms with van der Waals surface area (Å²) >= 11 is 0. The number of nitrogens with zero attached hydrogens (tertiary/aromatic N) is 2. The average molecular weight is 325 g/mol. The topological polar surface area (TPSA) is 66.9 Å². The molecule has 0 radical (unpaired) electrons. The monoisotopic (exact) mass is 324 g/mol. The second kappa shape index (κ2) is 5.03. The maximum absolute atomic E-state index is 12.1. The van der Waals surface area contributed by atoms with Gasteiger partial charge in [0, 0.05) is 42.3 Å². The van der Waals surface area contributed by atoms with Gasteiger partial charge >= 0.3 is 6.09 Å². The molecular weight excluding hydrogens is 304 g/mol. The van der Waals surface area contributed by atoms with E-state index in [0.717, 1.165) is 12.8 Å². The molecule has 1 amide bonds. The summed E-state index contributed by atoms with van der Waals surface area (Å²) in [6, 6.07) is 0. The van der Waals surface area contributed by atoms with Crippen LogP contribution in [0.4, 0.5) is 4.79 Å². The minimum absolute atomic E-state index is 0.156. The molecule has 2 aliphatic heterocycles. The largest absolute Gasteiger partial charge is 0.444 e. The number of hydrogen-bond acceptors (Lipinski definition) is 4. The van der Waals surface area contributed by atoms with Crippen LogP contribution in [-0.2, 0) is 14.0 Å². The number of ether oxygens (including phenoxy) is 1. The molecule has 0 aromatic carbocycles. The maximum atomic E-state index is 12.1. The van der Waals surface area contributed by atoms with Crippen LogP contribution in [0, 0.1) is 5.41 Å². The standard InChI is InChI=1S/C12H21ClN2O4S/c1-11(2,3)19-10(16)14-6-4-5-12(7-14)8-15(9-12)20(13,17)18/h4-9H2,1-3H3. The van der Waals surface area contributed by atoms with Crippen LogP contribution in [-0.4, -0.2) is 55.5 Å². The van der Waals surface area contributed by atoms with Gasteiger partial charge in [0.1, 0.15) is 5.60 Å². The van der Waals surface area contributed by atoms with E-state index in [4.69, 9.17) is 15.4 Å². The molecule has 0 unspecified atom stereocenters. The molecule has 0 atom stereocenters. The zero-order valence-corrected chi connectivity index (χ0v) is 13.6. The summed E-state index contributed by atoms with van der Waals surface area (Å²) in [7, 11) is 1.68. The number of carbonyl (C=O) groups is 1. The quantitative estimate of drug-likeness (QED) is 0.690. The van der Waals surface area contributed by atoms with Crippen molar-refractivity contribution < 1.29 is 17.9 Å². The number of halogens is 1. The molecule has 0 saturated carbocycles. The molecule has 1 spiro atoms. The van der Waals surface area contributed by atoms with E-state index in [-0.39, 0.29) is 11.5 Å². The highest BCUT2D eigenvalue weighted by Crippen LogP contribution is 2.41. The van der Waals surface area contributed by atoms with E-state index >= 15 is 0 Å². The minimum atomic E-state index is -3.64. The molecule has 2 fully saturated rings. The Labute approximate surface area is 124 Å². The fourth-order valence-corrected chi connectivity index (χ4v) is 3.95. The molecule has 0 aromatic heterocycles. The molecule has 2 aliphatic rings. The SMILES string of the molecule is CC(C)(C)OC(=O)N1CCCC2(C1)CN(S(=O)(=O)Cl)C2. The first-order chi connectivity index (χ1) is 9.01. The number of piperidine rings is 1. The Morgan fingerprint density at radius 1 is 1.25 bits per heavy atom. The third kappa shape index (κ3) is 3.56. The van der Waals surface area contributed by atoms with E-state index in [1.165, 1.54) is 4.31 Å². The predicted molar refractivity (Wildman–Crippen MR) is 75.8 cm³/mol. The second-order valence-corrected chi connectivity index (χ2v) is 9.23. The fraction of sp³-hybridized carbons (Fsp3) is 0.917. The van der Waals surface area contributed by atoms with E-state index in [1.54, 1.807) is 4.90 Å². The maximum Gasteiger partial charge on any atom is 0.410 e. The zero-order chi connectivity index (χ0) is 15.2. The van der Waals surface area contributed by atoms with E-state index in [0.29, 0.717) is 26.2 Å². The Balaban J connectivity index is 1.96. The Morgan fingerprint density at radius 3 is 2.35 bits per heavy atom. The number of carbonyl (C=O) groups excluding carboxylic acids is 1. The summed E-state index contributed by atoms with van der Waals surface area (Å²) in [6.45, 7) is 7.45. The first kappa shape index (κ1) is 15.9. The van der Waals surface area contributed by atoms with Gasteiger partial charge in [-0.15, -0.1) is 0 Å². The Morgan fingerprint density at radius 2 is 1.85 bits per heavy atom. The molecule has 20 heavy (non-hydrogen) atoms. The molecule has 0 aliphatic carbocycles. The lowest BCUT2D eigenvalue weighted by Gasteiger charge is -2.52. The van der Waals surface area contributed by atoms with E-state index < -0.39 is 14.8 Å². The van der Waals surface area contributed by atoms with Crippen molar-refractivity contribution >= 4 is 26.0 Å². The number of hydrogen-bond donors (Lipinski definition) is 0. The van der Waals surface area contributed by atoms with Gasteiger partial charge in [0.15, 0.2) is 0 Å². The smallest absolute Gasteiger partial charge is 0.410 e. The summed E-state index contributed by atoms with van der Waals surface area (Å²) < 4.78 is 29.1. The zero-order valence-electron chi connectivity index (χ0n) is 12.1. The van der Waals surface area contributed by atoms with Gasteiger partial charge in [0.2, 0.25) is 0 Å². The fourth-order valence-electron chi connectivity index (χ4n) is 2.80. The predicted octanol–water partition coefficient (Wildman–Crippen LogP) is 1.80. The summed E-state index contributed by atoms with van der Waals surface area (Å²) in [5.74, 6) is 0. The van der Waals surface area contributed by atoms with Gasteiger partial charge in [-0.3, -0.25) is 0 Å². The first-order valence-corrected chi connectivity index (χ1v) is 8.95. The summed E-state index contributed by atoms with van der Waals surface area (Å²) in [4.78, 5) is 13.7. The Kier molecular flexibility index (Phi) is 3.99. The van der Waals surface area contributed by atoms with Crippen molar-refractivity contribution in [1.29, 1.82) is 0 Å². The molecule has 0 N–H and O–H groups in total.